The van der Waals surface area contributed by atoms with Crippen molar-refractivity contribution in [1.29, 1.82) is 0 Å². The SMILES string of the molecule is C[C@@H](O)[C@H](NC(=O)[C@H](CC(N)=O)NC(=O)OC(C)(C)C)C(=O)OCc1ccccc1. The molecule has 1 aromatic carbocycles. The van der Waals surface area contributed by atoms with Crippen LogP contribution in [0.3, 0.4) is 0 Å². The van der Waals surface area contributed by atoms with Gasteiger partial charge in [-0.1, -0.05) is 30.3 Å². The van der Waals surface area contributed by atoms with Crippen molar-refractivity contribution >= 4 is 23.9 Å². The Bertz CT molecular complexity index is 745. The second-order valence-corrected chi connectivity index (χ2v) is 7.69. The zero-order valence-electron chi connectivity index (χ0n) is 17.5. The Morgan fingerprint density at radius 1 is 1.10 bits per heavy atom. The maximum absolute atomic E-state index is 12.6. The highest BCUT2D eigenvalue weighted by Gasteiger charge is 2.32. The van der Waals surface area contributed by atoms with E-state index in [1.807, 2.05) is 0 Å². The van der Waals surface area contributed by atoms with Crippen molar-refractivity contribution < 1.29 is 33.8 Å². The molecule has 3 amide bonds. The molecule has 0 aliphatic rings. The van der Waals surface area contributed by atoms with Gasteiger partial charge in [-0.2, -0.15) is 0 Å². The topological polar surface area (TPSA) is 157 Å². The van der Waals surface area contributed by atoms with E-state index in [0.29, 0.717) is 0 Å². The minimum Gasteiger partial charge on any atom is -0.459 e. The van der Waals surface area contributed by atoms with Crippen molar-refractivity contribution in [1.82, 2.24) is 10.6 Å². The Balaban J connectivity index is 2.81. The van der Waals surface area contributed by atoms with E-state index < -0.39 is 54.1 Å². The highest BCUT2D eigenvalue weighted by Crippen LogP contribution is 2.08. The molecule has 1 aromatic rings. The van der Waals surface area contributed by atoms with E-state index in [0.717, 1.165) is 5.56 Å². The van der Waals surface area contributed by atoms with Gasteiger partial charge < -0.3 is 30.9 Å². The number of benzene rings is 1. The highest BCUT2D eigenvalue weighted by atomic mass is 16.6. The number of hydrogen-bond acceptors (Lipinski definition) is 7. The Labute approximate surface area is 175 Å². The van der Waals surface area contributed by atoms with Crippen LogP contribution in [0.1, 0.15) is 39.7 Å². The fourth-order valence-corrected chi connectivity index (χ4v) is 2.31. The first-order chi connectivity index (χ1) is 13.9. The highest BCUT2D eigenvalue weighted by molar-refractivity contribution is 5.93. The van der Waals surface area contributed by atoms with E-state index in [1.165, 1.54) is 6.92 Å². The number of aliphatic hydroxyl groups is 1. The lowest BCUT2D eigenvalue weighted by Crippen LogP contribution is -2.56. The summed E-state index contributed by atoms with van der Waals surface area (Å²) in [5.41, 5.74) is 5.03. The molecular weight excluding hydrogens is 394 g/mol. The van der Waals surface area contributed by atoms with Gasteiger partial charge in [0.25, 0.3) is 0 Å². The van der Waals surface area contributed by atoms with Gasteiger partial charge in [0.2, 0.25) is 11.8 Å². The van der Waals surface area contributed by atoms with Gasteiger partial charge in [-0.25, -0.2) is 9.59 Å². The Kier molecular flexibility index (Phi) is 9.25. The van der Waals surface area contributed by atoms with E-state index >= 15 is 0 Å². The number of nitrogens with one attached hydrogen (secondary N) is 2. The summed E-state index contributed by atoms with van der Waals surface area (Å²) in [5.74, 6) is -2.63. The van der Waals surface area contributed by atoms with Gasteiger partial charge in [-0.05, 0) is 33.3 Å². The minimum atomic E-state index is -1.42. The largest absolute Gasteiger partial charge is 0.459 e. The molecule has 5 N–H and O–H groups in total. The summed E-state index contributed by atoms with van der Waals surface area (Å²) < 4.78 is 10.2. The van der Waals surface area contributed by atoms with Crippen LogP contribution in [0, 0.1) is 0 Å². The van der Waals surface area contributed by atoms with Crippen LogP contribution < -0.4 is 16.4 Å². The van der Waals surface area contributed by atoms with E-state index in [-0.39, 0.29) is 6.61 Å². The molecular formula is C20H29N3O7. The minimum absolute atomic E-state index is 0.0559. The Morgan fingerprint density at radius 3 is 2.20 bits per heavy atom. The lowest BCUT2D eigenvalue weighted by Gasteiger charge is -2.25. The predicted octanol–water partition coefficient (Wildman–Crippen LogP) is 0.364. The fraction of sp³-hybridized carbons (Fsp3) is 0.500. The molecule has 10 heteroatoms. The zero-order chi connectivity index (χ0) is 22.9. The molecule has 0 aliphatic heterocycles. The molecule has 0 bridgehead atoms. The number of hydrogen-bond donors (Lipinski definition) is 4. The third-order valence-corrected chi connectivity index (χ3v) is 3.67. The second kappa shape index (κ2) is 11.1. The van der Waals surface area contributed by atoms with Crippen molar-refractivity contribution in [2.75, 3.05) is 0 Å². The third kappa shape index (κ3) is 9.37. The average Bonchev–Trinajstić information content (AvgIpc) is 2.62. The van der Waals surface area contributed by atoms with Crippen LogP contribution in [-0.4, -0.2) is 52.8 Å². The molecule has 1 rings (SSSR count). The van der Waals surface area contributed by atoms with E-state index in [4.69, 9.17) is 15.2 Å². The molecule has 0 saturated heterocycles. The summed E-state index contributed by atoms with van der Waals surface area (Å²) in [4.78, 5) is 48.2. The molecule has 0 saturated carbocycles. The number of carbonyl (C=O) groups excluding carboxylic acids is 4. The van der Waals surface area contributed by atoms with Gasteiger partial charge >= 0.3 is 12.1 Å². The number of nitrogens with two attached hydrogens (primary N) is 1. The molecule has 0 heterocycles. The number of ether oxygens (including phenoxy) is 2. The molecule has 0 aliphatic carbocycles. The molecule has 0 fully saturated rings. The summed E-state index contributed by atoms with van der Waals surface area (Å²) >= 11 is 0. The molecule has 0 spiro atoms. The summed E-state index contributed by atoms with van der Waals surface area (Å²) in [6, 6.07) is 6.02. The first kappa shape index (κ1) is 24.9. The number of primary amides is 1. The van der Waals surface area contributed by atoms with Crippen molar-refractivity contribution in [3.05, 3.63) is 35.9 Å². The molecule has 30 heavy (non-hydrogen) atoms. The van der Waals surface area contributed by atoms with Gasteiger partial charge in [-0.15, -0.1) is 0 Å². The number of carbonyl (C=O) groups is 4. The van der Waals surface area contributed by atoms with Gasteiger partial charge in [0, 0.05) is 0 Å². The first-order valence-corrected chi connectivity index (χ1v) is 9.36. The zero-order valence-corrected chi connectivity index (χ0v) is 17.5. The van der Waals surface area contributed by atoms with Crippen LogP contribution in [0.4, 0.5) is 4.79 Å². The molecule has 0 unspecified atom stereocenters. The Morgan fingerprint density at radius 2 is 1.70 bits per heavy atom. The van der Waals surface area contributed by atoms with E-state index in [9.17, 15) is 24.3 Å². The normalized spacial score (nSPS) is 14.0. The summed E-state index contributed by atoms with van der Waals surface area (Å²) in [5, 5.41) is 14.4. The van der Waals surface area contributed by atoms with Gasteiger partial charge in [0.1, 0.15) is 18.2 Å². The maximum Gasteiger partial charge on any atom is 0.408 e. The maximum atomic E-state index is 12.6. The Hall–Kier alpha value is -3.14. The van der Waals surface area contributed by atoms with E-state index in [1.54, 1.807) is 51.1 Å². The lowest BCUT2D eigenvalue weighted by molar-refractivity contribution is -0.152. The van der Waals surface area contributed by atoms with Crippen molar-refractivity contribution in [2.45, 2.75) is 64.5 Å². The summed E-state index contributed by atoms with van der Waals surface area (Å²) in [7, 11) is 0. The smallest absolute Gasteiger partial charge is 0.408 e. The third-order valence-electron chi connectivity index (χ3n) is 3.67. The lowest BCUT2D eigenvalue weighted by atomic mass is 10.1. The molecule has 0 radical (unpaired) electrons. The summed E-state index contributed by atoms with van der Waals surface area (Å²) in [6.07, 6.45) is -2.77. The van der Waals surface area contributed by atoms with Crippen LogP contribution in [0.15, 0.2) is 30.3 Å². The molecule has 166 valence electrons. The van der Waals surface area contributed by atoms with Gasteiger partial charge in [0.05, 0.1) is 12.5 Å². The predicted molar refractivity (Wildman–Crippen MR) is 107 cm³/mol. The van der Waals surface area contributed by atoms with Crippen LogP contribution in [0.2, 0.25) is 0 Å². The number of aliphatic hydroxyl groups excluding tert-OH is 1. The number of rotatable bonds is 9. The molecule has 3 atom stereocenters. The van der Waals surface area contributed by atoms with E-state index in [2.05, 4.69) is 10.6 Å². The molecule has 10 nitrogen and oxygen atoms in total. The van der Waals surface area contributed by atoms with Crippen molar-refractivity contribution in [3.8, 4) is 0 Å². The van der Waals surface area contributed by atoms with Crippen molar-refractivity contribution in [2.24, 2.45) is 5.73 Å². The van der Waals surface area contributed by atoms with Crippen LogP contribution in [0.5, 0.6) is 0 Å². The fourth-order valence-electron chi connectivity index (χ4n) is 2.31. The van der Waals surface area contributed by atoms with Gasteiger partial charge in [-0.3, -0.25) is 9.59 Å². The monoisotopic (exact) mass is 423 g/mol. The van der Waals surface area contributed by atoms with Crippen LogP contribution in [-0.2, 0) is 30.5 Å². The second-order valence-electron chi connectivity index (χ2n) is 7.69. The average molecular weight is 423 g/mol. The van der Waals surface area contributed by atoms with Gasteiger partial charge in [0.15, 0.2) is 6.04 Å². The number of amides is 3. The van der Waals surface area contributed by atoms with Crippen LogP contribution >= 0.6 is 0 Å². The standard InChI is InChI=1S/C20H29N3O7/c1-12(24)16(18(27)29-11-13-8-6-5-7-9-13)23-17(26)14(10-15(21)25)22-19(28)30-20(2,3)4/h5-9,12,14,16,24H,10-11H2,1-4H3,(H2,21,25)(H,22,28)(H,23,26)/t12-,14+,16+/m1/s1. The molecule has 0 aromatic heterocycles. The van der Waals surface area contributed by atoms with Crippen LogP contribution in [0.25, 0.3) is 0 Å². The quantitative estimate of drug-likeness (QED) is 0.418. The number of alkyl carbamates (subject to hydrolysis) is 1. The van der Waals surface area contributed by atoms with Crippen molar-refractivity contribution in [3.63, 3.8) is 0 Å². The first-order valence-electron chi connectivity index (χ1n) is 9.36. The number of esters is 1. The summed E-state index contributed by atoms with van der Waals surface area (Å²) in [6.45, 7) is 6.12.